The minimum Gasteiger partial charge on any atom is -0.459 e. The highest BCUT2D eigenvalue weighted by molar-refractivity contribution is 14.1. The standard InChI is InChI=1S/C13H18FIO3/c1-12(14,15)11(16)18-10-8-2-7-3-9(10)6-13(17,4-7)5-8/h7-10,17H,2-6H2,1H3. The second-order valence-corrected chi connectivity index (χ2v) is 8.48. The molecule has 3 atom stereocenters. The van der Waals surface area contributed by atoms with E-state index in [0.29, 0.717) is 18.8 Å². The van der Waals surface area contributed by atoms with E-state index in [9.17, 15) is 14.3 Å². The Kier molecular flexibility index (Phi) is 2.94. The molecule has 4 fully saturated rings. The van der Waals surface area contributed by atoms with Crippen LogP contribution in [0.15, 0.2) is 0 Å². The highest BCUT2D eigenvalue weighted by atomic mass is 127. The maximum Gasteiger partial charge on any atom is 0.354 e. The topological polar surface area (TPSA) is 46.5 Å². The van der Waals surface area contributed by atoms with E-state index in [0.717, 1.165) is 19.3 Å². The van der Waals surface area contributed by atoms with Crippen molar-refractivity contribution in [3.63, 3.8) is 0 Å². The SMILES string of the molecule is CC(F)(I)C(=O)OC1C2CC3CC1CC(O)(C3)C2. The fraction of sp³-hybridized carbons (Fsp3) is 0.923. The van der Waals surface area contributed by atoms with Crippen LogP contribution in [0, 0.1) is 17.8 Å². The average molecular weight is 368 g/mol. The smallest absolute Gasteiger partial charge is 0.354 e. The van der Waals surface area contributed by atoms with Crippen LogP contribution in [0.5, 0.6) is 0 Å². The quantitative estimate of drug-likeness (QED) is 0.463. The van der Waals surface area contributed by atoms with Crippen molar-refractivity contribution in [2.75, 3.05) is 0 Å². The minimum atomic E-state index is -1.96. The van der Waals surface area contributed by atoms with Crippen molar-refractivity contribution in [1.82, 2.24) is 0 Å². The van der Waals surface area contributed by atoms with Gasteiger partial charge in [-0.05, 0) is 79.4 Å². The zero-order valence-electron chi connectivity index (χ0n) is 10.4. The van der Waals surface area contributed by atoms with Gasteiger partial charge in [0.25, 0.3) is 3.68 Å². The van der Waals surface area contributed by atoms with E-state index in [4.69, 9.17) is 4.74 Å². The first-order chi connectivity index (χ1) is 8.27. The van der Waals surface area contributed by atoms with Gasteiger partial charge in [-0.2, -0.15) is 0 Å². The Morgan fingerprint density at radius 3 is 2.39 bits per heavy atom. The lowest BCUT2D eigenvalue weighted by Crippen LogP contribution is -2.58. The zero-order chi connectivity index (χ0) is 13.1. The number of ether oxygens (including phenoxy) is 1. The molecule has 0 aromatic carbocycles. The molecule has 3 unspecified atom stereocenters. The third kappa shape index (κ3) is 2.17. The molecule has 0 spiro atoms. The fourth-order valence-electron chi connectivity index (χ4n) is 4.35. The Hall–Kier alpha value is 0.0900. The summed E-state index contributed by atoms with van der Waals surface area (Å²) in [6, 6.07) is 0. The van der Waals surface area contributed by atoms with E-state index >= 15 is 0 Å². The predicted octanol–water partition coefficient (Wildman–Crippen LogP) is 2.59. The van der Waals surface area contributed by atoms with E-state index in [2.05, 4.69) is 0 Å². The number of halogens is 2. The second-order valence-electron chi connectivity index (χ2n) is 6.45. The van der Waals surface area contributed by atoms with Gasteiger partial charge in [0.2, 0.25) is 0 Å². The molecule has 0 aliphatic heterocycles. The molecule has 0 radical (unpaired) electrons. The molecule has 0 aromatic heterocycles. The average Bonchev–Trinajstić information content (AvgIpc) is 2.19. The molecule has 4 bridgehead atoms. The summed E-state index contributed by atoms with van der Waals surface area (Å²) in [5.41, 5.74) is -0.539. The zero-order valence-corrected chi connectivity index (χ0v) is 12.5. The van der Waals surface area contributed by atoms with Crippen LogP contribution in [0.4, 0.5) is 4.39 Å². The Labute approximate surface area is 120 Å². The van der Waals surface area contributed by atoms with Crippen molar-refractivity contribution in [1.29, 1.82) is 0 Å². The molecular formula is C13H18FIO3. The largest absolute Gasteiger partial charge is 0.459 e. The first kappa shape index (κ1) is 13.1. The Bertz CT molecular complexity index is 363. The normalized spacial score (nSPS) is 48.9. The fourth-order valence-corrected chi connectivity index (χ4v) is 4.48. The summed E-state index contributed by atoms with van der Waals surface area (Å²) in [5.74, 6) is 0.249. The van der Waals surface area contributed by atoms with Gasteiger partial charge in [0, 0.05) is 0 Å². The monoisotopic (exact) mass is 368 g/mol. The van der Waals surface area contributed by atoms with Gasteiger partial charge in [-0.15, -0.1) is 0 Å². The predicted molar refractivity (Wildman–Crippen MR) is 71.9 cm³/mol. The molecule has 3 nitrogen and oxygen atoms in total. The summed E-state index contributed by atoms with van der Waals surface area (Å²) < 4.78 is 17.0. The van der Waals surface area contributed by atoms with Crippen LogP contribution in [-0.4, -0.2) is 26.5 Å². The van der Waals surface area contributed by atoms with E-state index < -0.39 is 15.2 Å². The number of alkyl halides is 2. The molecule has 4 rings (SSSR count). The molecule has 102 valence electrons. The number of aliphatic hydroxyl groups is 1. The number of carbonyl (C=O) groups excluding carboxylic acids is 1. The van der Waals surface area contributed by atoms with Crippen LogP contribution in [0.25, 0.3) is 0 Å². The summed E-state index contributed by atoms with van der Waals surface area (Å²) in [7, 11) is 0. The van der Waals surface area contributed by atoms with Gasteiger partial charge in [0.15, 0.2) is 0 Å². The molecule has 0 saturated heterocycles. The van der Waals surface area contributed by atoms with Gasteiger partial charge in [-0.3, -0.25) is 0 Å². The molecule has 1 N–H and O–H groups in total. The summed E-state index contributed by atoms with van der Waals surface area (Å²) in [6.45, 7) is 1.22. The van der Waals surface area contributed by atoms with Crippen molar-refractivity contribution < 1.29 is 19.0 Å². The van der Waals surface area contributed by atoms with Crippen LogP contribution < -0.4 is 0 Å². The van der Waals surface area contributed by atoms with Crippen molar-refractivity contribution in [2.24, 2.45) is 17.8 Å². The van der Waals surface area contributed by atoms with Gasteiger partial charge in [-0.1, -0.05) is 0 Å². The molecule has 0 heterocycles. The lowest BCUT2D eigenvalue weighted by molar-refractivity contribution is -0.202. The Morgan fingerprint density at radius 2 is 1.94 bits per heavy atom. The molecular weight excluding hydrogens is 350 g/mol. The number of hydrogen-bond acceptors (Lipinski definition) is 3. The molecule has 0 amide bonds. The maximum absolute atomic E-state index is 13.5. The first-order valence-corrected chi connectivity index (χ1v) is 7.66. The Morgan fingerprint density at radius 1 is 1.39 bits per heavy atom. The molecule has 4 aliphatic rings. The minimum absolute atomic E-state index is 0.181. The van der Waals surface area contributed by atoms with Crippen molar-refractivity contribution in [3.05, 3.63) is 0 Å². The van der Waals surface area contributed by atoms with Crippen LogP contribution in [-0.2, 0) is 9.53 Å². The maximum atomic E-state index is 13.5. The van der Waals surface area contributed by atoms with Crippen LogP contribution in [0.2, 0.25) is 0 Å². The molecule has 4 aliphatic carbocycles. The van der Waals surface area contributed by atoms with E-state index in [1.54, 1.807) is 0 Å². The molecule has 18 heavy (non-hydrogen) atoms. The molecule has 0 aromatic rings. The van der Waals surface area contributed by atoms with Crippen molar-refractivity contribution in [3.8, 4) is 0 Å². The number of rotatable bonds is 2. The second kappa shape index (κ2) is 4.04. The summed E-state index contributed by atoms with van der Waals surface area (Å²) >= 11 is 1.47. The lowest BCUT2D eigenvalue weighted by Gasteiger charge is -2.57. The highest BCUT2D eigenvalue weighted by Crippen LogP contribution is 2.56. The van der Waals surface area contributed by atoms with Gasteiger partial charge < -0.3 is 9.84 Å². The Balaban J connectivity index is 1.74. The van der Waals surface area contributed by atoms with E-state index in [1.807, 2.05) is 0 Å². The number of carbonyl (C=O) groups is 1. The third-order valence-electron chi connectivity index (χ3n) is 4.76. The van der Waals surface area contributed by atoms with Crippen LogP contribution >= 0.6 is 22.6 Å². The first-order valence-electron chi connectivity index (χ1n) is 6.58. The lowest BCUT2D eigenvalue weighted by atomic mass is 9.53. The van der Waals surface area contributed by atoms with Gasteiger partial charge in [-0.25, -0.2) is 9.18 Å². The third-order valence-corrected chi connectivity index (χ3v) is 5.20. The van der Waals surface area contributed by atoms with Gasteiger partial charge in [0.05, 0.1) is 5.60 Å². The summed E-state index contributed by atoms with van der Waals surface area (Å²) in [6.07, 6.45) is 4.17. The van der Waals surface area contributed by atoms with E-state index in [-0.39, 0.29) is 17.9 Å². The summed E-state index contributed by atoms with van der Waals surface area (Å²) in [5, 5.41) is 10.4. The molecule has 5 heteroatoms. The number of esters is 1. The molecule has 4 saturated carbocycles. The van der Waals surface area contributed by atoms with Crippen LogP contribution in [0.1, 0.15) is 39.0 Å². The van der Waals surface area contributed by atoms with Gasteiger partial charge in [0.1, 0.15) is 6.10 Å². The highest BCUT2D eigenvalue weighted by Gasteiger charge is 2.56. The number of hydrogen-bond donors (Lipinski definition) is 1. The van der Waals surface area contributed by atoms with Gasteiger partial charge >= 0.3 is 5.97 Å². The summed E-state index contributed by atoms with van der Waals surface area (Å²) in [4.78, 5) is 11.7. The van der Waals surface area contributed by atoms with Crippen molar-refractivity contribution in [2.45, 2.75) is 54.4 Å². The van der Waals surface area contributed by atoms with Crippen molar-refractivity contribution >= 4 is 28.6 Å². The van der Waals surface area contributed by atoms with Crippen LogP contribution in [0.3, 0.4) is 0 Å². The van der Waals surface area contributed by atoms with E-state index in [1.165, 1.54) is 29.5 Å².